The van der Waals surface area contributed by atoms with Crippen molar-refractivity contribution in [2.75, 3.05) is 38.7 Å². The lowest BCUT2D eigenvalue weighted by Gasteiger charge is -2.29. The lowest BCUT2D eigenvalue weighted by Crippen LogP contribution is -2.37. The zero-order valence-electron chi connectivity index (χ0n) is 11.1. The summed E-state index contributed by atoms with van der Waals surface area (Å²) in [4.78, 5) is 2.24. The Labute approximate surface area is 114 Å². The van der Waals surface area contributed by atoms with Gasteiger partial charge in [-0.25, -0.2) is 0 Å². The zero-order valence-corrected chi connectivity index (χ0v) is 11.8. The molecule has 0 aromatic heterocycles. The summed E-state index contributed by atoms with van der Waals surface area (Å²) in [5.74, 6) is 1.58. The molecule has 100 valence electrons. The number of anilines is 1. The molecule has 18 heavy (non-hydrogen) atoms. The number of piperidine rings is 1. The number of halogens is 1. The average Bonchev–Trinajstić information content (AvgIpc) is 2.40. The van der Waals surface area contributed by atoms with Crippen LogP contribution in [-0.4, -0.2) is 33.8 Å². The zero-order chi connectivity index (χ0) is 13.0. The molecule has 1 aliphatic heterocycles. The normalized spacial score (nSPS) is 19.6. The molecule has 1 aromatic carbocycles. The van der Waals surface area contributed by atoms with Crippen molar-refractivity contribution >= 4 is 17.3 Å². The number of rotatable bonds is 4. The topological polar surface area (TPSA) is 24.5 Å². The molecule has 1 N–H and O–H groups in total. The first-order chi connectivity index (χ1) is 8.70. The molecule has 1 aromatic rings. The van der Waals surface area contributed by atoms with Crippen molar-refractivity contribution in [2.45, 2.75) is 12.8 Å². The number of hydrogen-bond donors (Lipinski definition) is 1. The first kappa shape index (κ1) is 13.5. The van der Waals surface area contributed by atoms with Crippen molar-refractivity contribution in [3.8, 4) is 5.75 Å². The summed E-state index contributed by atoms with van der Waals surface area (Å²) in [6, 6.07) is 5.75. The predicted molar refractivity (Wildman–Crippen MR) is 76.9 cm³/mol. The molecule has 0 bridgehead atoms. The molecule has 1 atom stereocenters. The van der Waals surface area contributed by atoms with Crippen molar-refractivity contribution in [2.24, 2.45) is 5.92 Å². The Kier molecular flexibility index (Phi) is 4.72. The van der Waals surface area contributed by atoms with Crippen LogP contribution in [0.25, 0.3) is 0 Å². The van der Waals surface area contributed by atoms with E-state index in [1.807, 2.05) is 18.2 Å². The molecule has 0 saturated carbocycles. The van der Waals surface area contributed by atoms with Gasteiger partial charge in [-0.05, 0) is 50.0 Å². The van der Waals surface area contributed by atoms with Crippen LogP contribution in [0.2, 0.25) is 5.02 Å². The average molecular weight is 269 g/mol. The second kappa shape index (κ2) is 6.30. The molecule has 0 amide bonds. The minimum Gasteiger partial charge on any atom is -0.495 e. The van der Waals surface area contributed by atoms with Gasteiger partial charge in [-0.15, -0.1) is 0 Å². The highest BCUT2D eigenvalue weighted by atomic mass is 35.5. The molecule has 2 rings (SSSR count). The van der Waals surface area contributed by atoms with Crippen LogP contribution >= 0.6 is 11.6 Å². The Morgan fingerprint density at radius 1 is 1.50 bits per heavy atom. The van der Waals surface area contributed by atoms with E-state index in [4.69, 9.17) is 16.3 Å². The van der Waals surface area contributed by atoms with E-state index in [1.54, 1.807) is 7.11 Å². The van der Waals surface area contributed by atoms with Gasteiger partial charge in [0.1, 0.15) is 5.75 Å². The van der Waals surface area contributed by atoms with Gasteiger partial charge >= 0.3 is 0 Å². The smallest absolute Gasteiger partial charge is 0.142 e. The summed E-state index contributed by atoms with van der Waals surface area (Å²) >= 11 is 6.07. The van der Waals surface area contributed by atoms with Gasteiger partial charge < -0.3 is 15.0 Å². The summed E-state index contributed by atoms with van der Waals surface area (Å²) in [7, 11) is 3.80. The molecule has 3 nitrogen and oxygen atoms in total. The van der Waals surface area contributed by atoms with Crippen molar-refractivity contribution in [3.63, 3.8) is 0 Å². The molecular formula is C14H21ClN2O. The van der Waals surface area contributed by atoms with Gasteiger partial charge in [0, 0.05) is 18.6 Å². The lowest BCUT2D eigenvalue weighted by atomic mass is 9.99. The maximum Gasteiger partial charge on any atom is 0.142 e. The van der Waals surface area contributed by atoms with Crippen LogP contribution in [0.5, 0.6) is 5.75 Å². The highest BCUT2D eigenvalue weighted by Crippen LogP contribution is 2.31. The van der Waals surface area contributed by atoms with Crippen LogP contribution < -0.4 is 15.0 Å². The van der Waals surface area contributed by atoms with Crippen LogP contribution in [0.1, 0.15) is 12.8 Å². The fraction of sp³-hybridized carbons (Fsp3) is 0.571. The van der Waals surface area contributed by atoms with Gasteiger partial charge in [0.15, 0.2) is 0 Å². The minimum atomic E-state index is 0.701. The van der Waals surface area contributed by atoms with Gasteiger partial charge in [-0.3, -0.25) is 0 Å². The van der Waals surface area contributed by atoms with Crippen LogP contribution in [0, 0.1) is 5.92 Å². The van der Waals surface area contributed by atoms with Crippen molar-refractivity contribution in [3.05, 3.63) is 23.2 Å². The van der Waals surface area contributed by atoms with E-state index in [0.717, 1.165) is 36.1 Å². The lowest BCUT2D eigenvalue weighted by molar-refractivity contribution is 0.378. The van der Waals surface area contributed by atoms with Crippen LogP contribution in [0.3, 0.4) is 0 Å². The molecule has 0 aliphatic carbocycles. The van der Waals surface area contributed by atoms with Gasteiger partial charge in [0.2, 0.25) is 0 Å². The number of nitrogens with zero attached hydrogens (tertiary/aromatic N) is 1. The Morgan fingerprint density at radius 2 is 2.33 bits per heavy atom. The van der Waals surface area contributed by atoms with E-state index < -0.39 is 0 Å². The monoisotopic (exact) mass is 268 g/mol. The SMILES string of the molecule is COc1ccc(Cl)cc1N(C)CC1CCCNC1. The Morgan fingerprint density at radius 3 is 3.00 bits per heavy atom. The summed E-state index contributed by atoms with van der Waals surface area (Å²) in [6.45, 7) is 3.29. The van der Waals surface area contributed by atoms with Crippen molar-refractivity contribution in [1.82, 2.24) is 5.32 Å². The highest BCUT2D eigenvalue weighted by Gasteiger charge is 2.17. The van der Waals surface area contributed by atoms with E-state index in [2.05, 4.69) is 17.3 Å². The van der Waals surface area contributed by atoms with Crippen LogP contribution in [0.4, 0.5) is 5.69 Å². The highest BCUT2D eigenvalue weighted by molar-refractivity contribution is 6.30. The number of ether oxygens (including phenoxy) is 1. The largest absolute Gasteiger partial charge is 0.495 e. The van der Waals surface area contributed by atoms with E-state index in [9.17, 15) is 0 Å². The maximum atomic E-state index is 6.07. The van der Waals surface area contributed by atoms with E-state index in [0.29, 0.717) is 5.92 Å². The van der Waals surface area contributed by atoms with E-state index in [-0.39, 0.29) is 0 Å². The number of nitrogens with one attached hydrogen (secondary N) is 1. The van der Waals surface area contributed by atoms with Crippen LogP contribution in [0.15, 0.2) is 18.2 Å². The molecule has 1 unspecified atom stereocenters. The number of hydrogen-bond acceptors (Lipinski definition) is 3. The summed E-state index contributed by atoms with van der Waals surface area (Å²) in [5.41, 5.74) is 1.07. The first-order valence-electron chi connectivity index (χ1n) is 6.46. The first-order valence-corrected chi connectivity index (χ1v) is 6.84. The molecule has 1 aliphatic rings. The fourth-order valence-corrected chi connectivity index (χ4v) is 2.69. The van der Waals surface area contributed by atoms with E-state index >= 15 is 0 Å². The Balaban J connectivity index is 2.07. The van der Waals surface area contributed by atoms with Gasteiger partial charge in [0.05, 0.1) is 12.8 Å². The maximum absolute atomic E-state index is 6.07. The fourth-order valence-electron chi connectivity index (χ4n) is 2.53. The molecule has 4 heteroatoms. The molecule has 1 heterocycles. The van der Waals surface area contributed by atoms with Gasteiger partial charge in [0.25, 0.3) is 0 Å². The standard InChI is InChI=1S/C14H21ClN2O/c1-17(10-11-4-3-7-16-9-11)13-8-12(15)5-6-14(13)18-2/h5-6,8,11,16H,3-4,7,9-10H2,1-2H3. The molecule has 0 spiro atoms. The van der Waals surface area contributed by atoms with E-state index in [1.165, 1.54) is 12.8 Å². The Hall–Kier alpha value is -0.930. The van der Waals surface area contributed by atoms with Crippen molar-refractivity contribution in [1.29, 1.82) is 0 Å². The second-order valence-corrected chi connectivity index (χ2v) is 5.35. The Bertz CT molecular complexity index is 391. The third-order valence-electron chi connectivity index (χ3n) is 3.48. The molecular weight excluding hydrogens is 248 g/mol. The molecule has 0 radical (unpaired) electrons. The molecule has 1 fully saturated rings. The number of methoxy groups -OCH3 is 1. The summed E-state index contributed by atoms with van der Waals surface area (Å²) in [5, 5.41) is 4.20. The quantitative estimate of drug-likeness (QED) is 0.909. The minimum absolute atomic E-state index is 0.701. The second-order valence-electron chi connectivity index (χ2n) is 4.91. The van der Waals surface area contributed by atoms with Crippen molar-refractivity contribution < 1.29 is 4.74 Å². The van der Waals surface area contributed by atoms with Gasteiger partial charge in [-0.2, -0.15) is 0 Å². The van der Waals surface area contributed by atoms with Gasteiger partial charge in [-0.1, -0.05) is 11.6 Å². The summed E-state index contributed by atoms with van der Waals surface area (Å²) in [6.07, 6.45) is 2.56. The third kappa shape index (κ3) is 3.30. The number of benzene rings is 1. The molecule has 1 saturated heterocycles. The third-order valence-corrected chi connectivity index (χ3v) is 3.72. The predicted octanol–water partition coefficient (Wildman–Crippen LogP) is 2.78. The summed E-state index contributed by atoms with van der Waals surface area (Å²) < 4.78 is 5.39. The van der Waals surface area contributed by atoms with Crippen LogP contribution in [-0.2, 0) is 0 Å².